The van der Waals surface area contributed by atoms with Crippen LogP contribution in [0.3, 0.4) is 0 Å². The predicted molar refractivity (Wildman–Crippen MR) is 90.4 cm³/mol. The van der Waals surface area contributed by atoms with Gasteiger partial charge >= 0.3 is 0 Å². The molecule has 0 fully saturated rings. The zero-order valence-electron chi connectivity index (χ0n) is 12.5. The Kier molecular flexibility index (Phi) is 3.09. The number of phenolic OH excluding ortho intramolecular Hbond substituents is 2. The molecule has 0 atom stereocenters. The second-order valence-corrected chi connectivity index (χ2v) is 5.42. The SMILES string of the molecule is O=C(Nc1cc2ccccn2n1)c1ccc2ccc(O)cc2c1O. The number of nitrogens with zero attached hydrogens (tertiary/aromatic N) is 2. The van der Waals surface area contributed by atoms with E-state index in [1.165, 1.54) is 12.1 Å². The Morgan fingerprint density at radius 2 is 1.88 bits per heavy atom. The molecule has 3 N–H and O–H groups in total. The maximum atomic E-state index is 12.5. The number of amides is 1. The van der Waals surface area contributed by atoms with Crippen molar-refractivity contribution < 1.29 is 15.0 Å². The molecule has 0 aliphatic carbocycles. The van der Waals surface area contributed by atoms with Gasteiger partial charge in [-0.05, 0) is 35.7 Å². The topological polar surface area (TPSA) is 86.9 Å². The number of hydrogen-bond donors (Lipinski definition) is 3. The van der Waals surface area contributed by atoms with Gasteiger partial charge < -0.3 is 15.5 Å². The summed E-state index contributed by atoms with van der Waals surface area (Å²) in [5.41, 5.74) is 0.964. The minimum Gasteiger partial charge on any atom is -0.508 e. The van der Waals surface area contributed by atoms with Gasteiger partial charge in [0.05, 0.1) is 11.1 Å². The number of benzene rings is 2. The lowest BCUT2D eigenvalue weighted by Crippen LogP contribution is -2.12. The van der Waals surface area contributed by atoms with Crippen LogP contribution in [0.15, 0.2) is 60.8 Å². The molecule has 0 radical (unpaired) electrons. The smallest absolute Gasteiger partial charge is 0.260 e. The first kappa shape index (κ1) is 14.1. The summed E-state index contributed by atoms with van der Waals surface area (Å²) >= 11 is 0. The van der Waals surface area contributed by atoms with E-state index < -0.39 is 5.91 Å². The van der Waals surface area contributed by atoms with E-state index in [0.29, 0.717) is 11.2 Å². The molecule has 2 aromatic heterocycles. The molecule has 0 saturated carbocycles. The van der Waals surface area contributed by atoms with Gasteiger partial charge in [0.2, 0.25) is 0 Å². The average Bonchev–Trinajstić information content (AvgIpc) is 2.97. The van der Waals surface area contributed by atoms with E-state index in [4.69, 9.17) is 0 Å². The Morgan fingerprint density at radius 3 is 2.71 bits per heavy atom. The van der Waals surface area contributed by atoms with E-state index in [2.05, 4.69) is 10.4 Å². The molecule has 0 unspecified atom stereocenters. The Hall–Kier alpha value is -3.54. The zero-order valence-corrected chi connectivity index (χ0v) is 12.5. The van der Waals surface area contributed by atoms with Crippen LogP contribution in [0.5, 0.6) is 11.5 Å². The van der Waals surface area contributed by atoms with E-state index in [1.807, 2.05) is 18.2 Å². The quantitative estimate of drug-likeness (QED) is 0.530. The summed E-state index contributed by atoms with van der Waals surface area (Å²) in [6, 6.07) is 15.2. The van der Waals surface area contributed by atoms with Gasteiger partial charge in [0, 0.05) is 17.6 Å². The third-order valence-corrected chi connectivity index (χ3v) is 3.83. The first-order valence-corrected chi connectivity index (χ1v) is 7.32. The highest BCUT2D eigenvalue weighted by Gasteiger charge is 2.15. The summed E-state index contributed by atoms with van der Waals surface area (Å²) in [4.78, 5) is 12.5. The van der Waals surface area contributed by atoms with Crippen molar-refractivity contribution in [3.8, 4) is 11.5 Å². The second-order valence-electron chi connectivity index (χ2n) is 5.42. The highest BCUT2D eigenvalue weighted by atomic mass is 16.3. The molecule has 0 bridgehead atoms. The van der Waals surface area contributed by atoms with Crippen LogP contribution >= 0.6 is 0 Å². The zero-order chi connectivity index (χ0) is 16.7. The van der Waals surface area contributed by atoms with E-state index in [9.17, 15) is 15.0 Å². The number of pyridine rings is 1. The molecule has 118 valence electrons. The van der Waals surface area contributed by atoms with Gasteiger partial charge in [0.15, 0.2) is 5.82 Å². The fourth-order valence-electron chi connectivity index (χ4n) is 2.66. The molecular formula is C18H13N3O3. The van der Waals surface area contributed by atoms with Crippen LogP contribution in [-0.4, -0.2) is 25.7 Å². The molecule has 1 amide bonds. The van der Waals surface area contributed by atoms with E-state index >= 15 is 0 Å². The fraction of sp³-hybridized carbons (Fsp3) is 0. The Morgan fingerprint density at radius 1 is 1.04 bits per heavy atom. The van der Waals surface area contributed by atoms with Gasteiger partial charge in [-0.2, -0.15) is 5.10 Å². The lowest BCUT2D eigenvalue weighted by atomic mass is 10.0. The van der Waals surface area contributed by atoms with Gasteiger partial charge in [-0.25, -0.2) is 4.52 Å². The van der Waals surface area contributed by atoms with E-state index in [1.54, 1.807) is 35.0 Å². The minimum absolute atomic E-state index is 0.0238. The monoisotopic (exact) mass is 319 g/mol. The van der Waals surface area contributed by atoms with Crippen LogP contribution in [0.25, 0.3) is 16.3 Å². The number of rotatable bonds is 2. The number of aromatic hydroxyl groups is 2. The van der Waals surface area contributed by atoms with Gasteiger partial charge in [-0.1, -0.05) is 18.2 Å². The van der Waals surface area contributed by atoms with Crippen LogP contribution in [0, 0.1) is 0 Å². The third-order valence-electron chi connectivity index (χ3n) is 3.83. The van der Waals surface area contributed by atoms with E-state index in [0.717, 1.165) is 10.9 Å². The summed E-state index contributed by atoms with van der Waals surface area (Å²) in [6.07, 6.45) is 1.78. The van der Waals surface area contributed by atoms with Crippen molar-refractivity contribution in [2.24, 2.45) is 0 Å². The molecule has 0 aliphatic rings. The number of carbonyl (C=O) groups excluding carboxylic acids is 1. The lowest BCUT2D eigenvalue weighted by molar-refractivity contribution is 0.102. The maximum absolute atomic E-state index is 12.5. The lowest BCUT2D eigenvalue weighted by Gasteiger charge is -2.08. The van der Waals surface area contributed by atoms with Crippen molar-refractivity contribution in [3.63, 3.8) is 0 Å². The number of anilines is 1. The summed E-state index contributed by atoms with van der Waals surface area (Å²) in [5, 5.41) is 28.0. The standard InChI is InChI=1S/C18H13N3O3/c22-13-6-4-11-5-7-14(17(23)15(11)10-13)18(24)19-16-9-12-3-1-2-8-21(12)20-16/h1-10,22-23H,(H,19,20,24). The van der Waals surface area contributed by atoms with Crippen molar-refractivity contribution in [2.45, 2.75) is 0 Å². The first-order chi connectivity index (χ1) is 11.6. The average molecular weight is 319 g/mol. The first-order valence-electron chi connectivity index (χ1n) is 7.32. The number of fused-ring (bicyclic) bond motifs is 2. The molecule has 2 heterocycles. The molecule has 0 spiro atoms. The normalized spacial score (nSPS) is 11.0. The molecule has 24 heavy (non-hydrogen) atoms. The minimum atomic E-state index is -0.471. The molecule has 0 saturated heterocycles. The van der Waals surface area contributed by atoms with Crippen molar-refractivity contribution in [1.82, 2.24) is 9.61 Å². The Balaban J connectivity index is 1.71. The predicted octanol–water partition coefficient (Wildman–Crippen LogP) is 3.15. The molecule has 0 aliphatic heterocycles. The number of nitrogens with one attached hydrogen (secondary N) is 1. The number of aromatic nitrogens is 2. The number of hydrogen-bond acceptors (Lipinski definition) is 4. The van der Waals surface area contributed by atoms with Crippen molar-refractivity contribution >= 4 is 28.0 Å². The molecule has 2 aromatic carbocycles. The Bertz CT molecular complexity index is 1050. The summed E-state index contributed by atoms with van der Waals surface area (Å²) < 4.78 is 1.65. The highest BCUT2D eigenvalue weighted by Crippen LogP contribution is 2.31. The largest absolute Gasteiger partial charge is 0.508 e. The fourth-order valence-corrected chi connectivity index (χ4v) is 2.66. The van der Waals surface area contributed by atoms with Gasteiger partial charge in [-0.15, -0.1) is 0 Å². The van der Waals surface area contributed by atoms with Gasteiger partial charge in [0.25, 0.3) is 5.91 Å². The summed E-state index contributed by atoms with van der Waals surface area (Å²) in [7, 11) is 0. The molecule has 6 heteroatoms. The van der Waals surface area contributed by atoms with Crippen molar-refractivity contribution in [1.29, 1.82) is 0 Å². The highest BCUT2D eigenvalue weighted by molar-refractivity contribution is 6.09. The second kappa shape index (κ2) is 5.27. The van der Waals surface area contributed by atoms with Crippen LogP contribution in [0.2, 0.25) is 0 Å². The summed E-state index contributed by atoms with van der Waals surface area (Å²) in [6.45, 7) is 0. The van der Waals surface area contributed by atoms with Crippen molar-refractivity contribution in [3.05, 3.63) is 66.4 Å². The van der Waals surface area contributed by atoms with Gasteiger partial charge in [0.1, 0.15) is 11.5 Å². The molecule has 4 aromatic rings. The van der Waals surface area contributed by atoms with E-state index in [-0.39, 0.29) is 17.1 Å². The van der Waals surface area contributed by atoms with Crippen LogP contribution in [0.4, 0.5) is 5.82 Å². The Labute approximate surface area is 136 Å². The van der Waals surface area contributed by atoms with Gasteiger partial charge in [-0.3, -0.25) is 4.79 Å². The number of phenols is 2. The maximum Gasteiger partial charge on any atom is 0.260 e. The molecular weight excluding hydrogens is 306 g/mol. The third kappa shape index (κ3) is 2.30. The van der Waals surface area contributed by atoms with Crippen molar-refractivity contribution in [2.75, 3.05) is 5.32 Å². The van der Waals surface area contributed by atoms with Crippen LogP contribution in [-0.2, 0) is 0 Å². The molecule has 6 nitrogen and oxygen atoms in total. The summed E-state index contributed by atoms with van der Waals surface area (Å²) in [5.74, 6) is -0.233. The molecule has 4 rings (SSSR count). The van der Waals surface area contributed by atoms with Crippen LogP contribution in [0.1, 0.15) is 10.4 Å². The number of carbonyl (C=O) groups is 1. The van der Waals surface area contributed by atoms with Crippen LogP contribution < -0.4 is 5.32 Å².